The minimum Gasteiger partial charge on any atom is -0.384 e. The summed E-state index contributed by atoms with van der Waals surface area (Å²) >= 11 is 2.75. The van der Waals surface area contributed by atoms with E-state index in [-0.39, 0.29) is 23.2 Å². The molecule has 0 saturated heterocycles. The van der Waals surface area contributed by atoms with Crippen LogP contribution >= 0.6 is 23.1 Å². The van der Waals surface area contributed by atoms with Crippen LogP contribution in [-0.2, 0) is 0 Å². The average molecular weight is 466 g/mol. The van der Waals surface area contributed by atoms with Crippen molar-refractivity contribution >= 4 is 44.9 Å². The molecule has 1 aliphatic carbocycles. The molecular formula is C22H19N5O3S2. The third-order valence-electron chi connectivity index (χ3n) is 5.41. The summed E-state index contributed by atoms with van der Waals surface area (Å²) in [5.74, 6) is -0.538. The van der Waals surface area contributed by atoms with Crippen LogP contribution in [0.3, 0.4) is 0 Å². The number of aryl methyl sites for hydroxylation is 1. The number of carbonyl (C=O) groups excluding carboxylic acids is 1. The standard InChI is InChI=1S/C22H19N5O3S2/c1-11-2-4-12(5-3-11)14-8-31-20-16(14)21(25-10-24-20)32-9-15(28)17-18(23)27(13-6-7-13)22(30)26-19(17)29/h2-5,8,10,13H,6-7,9,23H2,1H3,(H,26,29,30). The van der Waals surface area contributed by atoms with Gasteiger partial charge in [0.05, 0.1) is 11.1 Å². The molecule has 0 spiro atoms. The fraction of sp³-hybridized carbons (Fsp3) is 0.227. The van der Waals surface area contributed by atoms with Crippen LogP contribution in [0.4, 0.5) is 5.82 Å². The highest BCUT2D eigenvalue weighted by Gasteiger charge is 2.30. The van der Waals surface area contributed by atoms with Crippen molar-refractivity contribution < 1.29 is 4.79 Å². The second kappa shape index (κ2) is 8.03. The van der Waals surface area contributed by atoms with Crippen molar-refractivity contribution in [3.8, 4) is 11.1 Å². The smallest absolute Gasteiger partial charge is 0.330 e. The molecule has 3 aromatic heterocycles. The van der Waals surface area contributed by atoms with Crippen molar-refractivity contribution in [2.45, 2.75) is 30.8 Å². The highest BCUT2D eigenvalue weighted by atomic mass is 32.2. The van der Waals surface area contributed by atoms with Crippen LogP contribution in [0.15, 0.2) is 50.6 Å². The average Bonchev–Trinajstić information content (AvgIpc) is 3.49. The molecule has 1 fully saturated rings. The fourth-order valence-corrected chi connectivity index (χ4v) is 5.50. The molecule has 1 aromatic carbocycles. The predicted molar refractivity (Wildman–Crippen MR) is 127 cm³/mol. The van der Waals surface area contributed by atoms with Crippen molar-refractivity contribution in [1.29, 1.82) is 0 Å². The number of thiophene rings is 1. The summed E-state index contributed by atoms with van der Waals surface area (Å²) in [5, 5.41) is 3.57. The lowest BCUT2D eigenvalue weighted by Crippen LogP contribution is -2.36. The van der Waals surface area contributed by atoms with E-state index in [2.05, 4.69) is 15.0 Å². The molecule has 5 rings (SSSR count). The van der Waals surface area contributed by atoms with Crippen LogP contribution in [0.2, 0.25) is 0 Å². The van der Waals surface area contributed by atoms with Gasteiger partial charge in [-0.1, -0.05) is 41.6 Å². The molecule has 0 radical (unpaired) electrons. The lowest BCUT2D eigenvalue weighted by atomic mass is 10.1. The van der Waals surface area contributed by atoms with Gasteiger partial charge in [-0.05, 0) is 25.3 Å². The Morgan fingerprint density at radius 1 is 1.25 bits per heavy atom. The minimum absolute atomic E-state index is 0.0363. The number of thioether (sulfide) groups is 1. The Morgan fingerprint density at radius 2 is 2.00 bits per heavy atom. The Morgan fingerprint density at radius 3 is 2.72 bits per heavy atom. The number of Topliss-reactive ketones (excluding diaryl/α,β-unsaturated/α-hetero) is 1. The zero-order chi connectivity index (χ0) is 22.4. The van der Waals surface area contributed by atoms with E-state index in [0.29, 0.717) is 5.03 Å². The molecule has 0 bridgehead atoms. The number of H-pyrrole nitrogens is 1. The third kappa shape index (κ3) is 3.65. The topological polar surface area (TPSA) is 124 Å². The molecule has 4 aromatic rings. The van der Waals surface area contributed by atoms with E-state index in [1.807, 2.05) is 36.6 Å². The number of fused-ring (bicyclic) bond motifs is 1. The molecule has 32 heavy (non-hydrogen) atoms. The Hall–Kier alpha value is -3.24. The molecule has 1 saturated carbocycles. The lowest BCUT2D eigenvalue weighted by Gasteiger charge is -2.11. The van der Waals surface area contributed by atoms with Crippen LogP contribution < -0.4 is 17.0 Å². The molecule has 0 atom stereocenters. The van der Waals surface area contributed by atoms with Gasteiger partial charge in [0, 0.05) is 17.0 Å². The summed E-state index contributed by atoms with van der Waals surface area (Å²) in [6.45, 7) is 2.03. The van der Waals surface area contributed by atoms with E-state index in [4.69, 9.17) is 5.73 Å². The number of nitrogens with one attached hydrogen (secondary N) is 1. The van der Waals surface area contributed by atoms with Crippen LogP contribution in [0.5, 0.6) is 0 Å². The number of carbonyl (C=O) groups is 1. The minimum atomic E-state index is -0.751. The first-order valence-electron chi connectivity index (χ1n) is 10.0. The van der Waals surface area contributed by atoms with Gasteiger partial charge in [-0.3, -0.25) is 19.1 Å². The largest absolute Gasteiger partial charge is 0.384 e. The van der Waals surface area contributed by atoms with E-state index in [1.165, 1.54) is 39.6 Å². The summed E-state index contributed by atoms with van der Waals surface area (Å²) in [7, 11) is 0. The molecule has 162 valence electrons. The summed E-state index contributed by atoms with van der Waals surface area (Å²) in [6, 6.07) is 8.13. The van der Waals surface area contributed by atoms with Gasteiger partial charge in [-0.2, -0.15) is 0 Å². The summed E-state index contributed by atoms with van der Waals surface area (Å²) < 4.78 is 1.32. The van der Waals surface area contributed by atoms with Gasteiger partial charge in [-0.25, -0.2) is 14.8 Å². The molecule has 1 aliphatic rings. The van der Waals surface area contributed by atoms with Gasteiger partial charge >= 0.3 is 5.69 Å². The van der Waals surface area contributed by atoms with Crippen molar-refractivity contribution in [3.63, 3.8) is 0 Å². The normalized spacial score (nSPS) is 13.5. The molecule has 0 unspecified atom stereocenters. The van der Waals surface area contributed by atoms with Crippen molar-refractivity contribution in [1.82, 2.24) is 19.5 Å². The van der Waals surface area contributed by atoms with Gasteiger partial charge in [0.15, 0.2) is 5.78 Å². The number of nitrogen functional groups attached to an aromatic ring is 1. The Balaban J connectivity index is 1.48. The number of hydrogen-bond acceptors (Lipinski definition) is 8. The van der Waals surface area contributed by atoms with Crippen LogP contribution in [-0.4, -0.2) is 31.1 Å². The van der Waals surface area contributed by atoms with Crippen molar-refractivity contribution in [2.24, 2.45) is 0 Å². The molecule has 0 amide bonds. The fourth-order valence-electron chi connectivity index (χ4n) is 3.64. The highest BCUT2D eigenvalue weighted by molar-refractivity contribution is 8.00. The van der Waals surface area contributed by atoms with E-state index >= 15 is 0 Å². The number of rotatable bonds is 6. The molecular weight excluding hydrogens is 446 g/mol. The van der Waals surface area contributed by atoms with Crippen LogP contribution in [0, 0.1) is 6.92 Å². The van der Waals surface area contributed by atoms with Crippen LogP contribution in [0.25, 0.3) is 21.3 Å². The first-order valence-corrected chi connectivity index (χ1v) is 11.9. The first-order chi connectivity index (χ1) is 15.4. The SMILES string of the molecule is Cc1ccc(-c2csc3ncnc(SCC(=O)c4c(N)n(C5CC5)c(=O)[nH]c4=O)c23)cc1. The second-order valence-corrected chi connectivity index (χ2v) is 9.53. The number of hydrogen-bond donors (Lipinski definition) is 2. The van der Waals surface area contributed by atoms with Crippen molar-refractivity contribution in [3.05, 3.63) is 67.9 Å². The van der Waals surface area contributed by atoms with Crippen molar-refractivity contribution in [2.75, 3.05) is 11.5 Å². The molecule has 0 aliphatic heterocycles. The Kier molecular flexibility index (Phi) is 5.18. The van der Waals surface area contributed by atoms with Gasteiger partial charge in [-0.15, -0.1) is 11.3 Å². The maximum Gasteiger partial charge on any atom is 0.330 e. The number of ketones is 1. The van der Waals surface area contributed by atoms with E-state index in [0.717, 1.165) is 34.2 Å². The van der Waals surface area contributed by atoms with E-state index in [1.54, 1.807) is 0 Å². The monoisotopic (exact) mass is 465 g/mol. The Bertz CT molecular complexity index is 1470. The maximum absolute atomic E-state index is 13.0. The third-order valence-corrected chi connectivity index (χ3v) is 7.29. The summed E-state index contributed by atoms with van der Waals surface area (Å²) in [6.07, 6.45) is 3.08. The number of benzene rings is 1. The van der Waals surface area contributed by atoms with Gasteiger partial charge in [0.25, 0.3) is 5.56 Å². The number of aromatic nitrogens is 4. The van der Waals surface area contributed by atoms with Gasteiger partial charge in [0.1, 0.15) is 27.6 Å². The molecule has 10 heteroatoms. The lowest BCUT2D eigenvalue weighted by molar-refractivity contribution is 0.102. The number of nitrogens with two attached hydrogens (primary N) is 1. The number of anilines is 1. The number of nitrogens with zero attached hydrogens (tertiary/aromatic N) is 3. The van der Waals surface area contributed by atoms with E-state index < -0.39 is 17.0 Å². The van der Waals surface area contributed by atoms with Gasteiger partial charge in [0.2, 0.25) is 0 Å². The molecule has 8 nitrogen and oxygen atoms in total. The quantitative estimate of drug-likeness (QED) is 0.254. The summed E-state index contributed by atoms with van der Waals surface area (Å²) in [4.78, 5) is 49.2. The van der Waals surface area contributed by atoms with E-state index in [9.17, 15) is 14.4 Å². The molecule has 3 N–H and O–H groups in total. The summed E-state index contributed by atoms with van der Waals surface area (Å²) in [5.41, 5.74) is 7.79. The zero-order valence-corrected chi connectivity index (χ0v) is 18.8. The predicted octanol–water partition coefficient (Wildman–Crippen LogP) is 3.41. The number of aromatic amines is 1. The van der Waals surface area contributed by atoms with Crippen LogP contribution in [0.1, 0.15) is 34.8 Å². The maximum atomic E-state index is 13.0. The first kappa shape index (κ1) is 20.7. The zero-order valence-electron chi connectivity index (χ0n) is 17.1. The highest BCUT2D eigenvalue weighted by Crippen LogP contribution is 2.38. The van der Waals surface area contributed by atoms with Gasteiger partial charge < -0.3 is 5.73 Å². The molecule has 3 heterocycles. The Labute approximate surface area is 190 Å². The second-order valence-electron chi connectivity index (χ2n) is 7.71.